The van der Waals surface area contributed by atoms with Crippen molar-refractivity contribution in [2.24, 2.45) is 0 Å². The molecule has 1 rings (SSSR count). The molecule has 0 aliphatic heterocycles. The average Bonchev–Trinajstić information content (AvgIpc) is 2.28. The van der Waals surface area contributed by atoms with Gasteiger partial charge in [0.05, 0.1) is 7.11 Å². The Kier molecular flexibility index (Phi) is 4.12. The van der Waals surface area contributed by atoms with Crippen LogP contribution in [-0.2, 0) is 14.3 Å². The van der Waals surface area contributed by atoms with Crippen LogP contribution in [0.4, 0.5) is 0 Å². The minimum atomic E-state index is -1.17. The lowest BCUT2D eigenvalue weighted by atomic mass is 10.1. The summed E-state index contributed by atoms with van der Waals surface area (Å²) >= 11 is 1.21. The smallest absolute Gasteiger partial charge is 0.329 e. The molecule has 0 aliphatic rings. The van der Waals surface area contributed by atoms with E-state index in [1.165, 1.54) is 25.8 Å². The van der Waals surface area contributed by atoms with Crippen LogP contribution in [0.5, 0.6) is 0 Å². The first-order chi connectivity index (χ1) is 7.50. The van der Waals surface area contributed by atoms with Gasteiger partial charge in [-0.05, 0) is 26.0 Å². The predicted molar refractivity (Wildman–Crippen MR) is 63.4 cm³/mol. The fraction of sp³-hybridized carbons (Fsp3) is 0.333. The average molecular weight is 238 g/mol. The van der Waals surface area contributed by atoms with E-state index in [4.69, 9.17) is 0 Å². The number of hydrogen-bond acceptors (Lipinski definition) is 4. The number of Topliss-reactive ketones (excluding diaryl/α,β-unsaturated/α-hetero) is 1. The van der Waals surface area contributed by atoms with Crippen molar-refractivity contribution in [3.63, 3.8) is 0 Å². The Hall–Kier alpha value is -1.29. The number of esters is 1. The molecule has 0 N–H and O–H groups in total. The van der Waals surface area contributed by atoms with Gasteiger partial charge in [-0.3, -0.25) is 9.59 Å². The van der Waals surface area contributed by atoms with Gasteiger partial charge in [-0.2, -0.15) is 0 Å². The van der Waals surface area contributed by atoms with Gasteiger partial charge in [0.2, 0.25) is 0 Å². The summed E-state index contributed by atoms with van der Waals surface area (Å²) in [4.78, 5) is 24.0. The van der Waals surface area contributed by atoms with Gasteiger partial charge in [0.1, 0.15) is 0 Å². The maximum absolute atomic E-state index is 11.6. The van der Waals surface area contributed by atoms with Gasteiger partial charge < -0.3 is 4.74 Å². The van der Waals surface area contributed by atoms with E-state index in [0.717, 1.165) is 4.90 Å². The zero-order valence-corrected chi connectivity index (χ0v) is 10.3. The molecule has 4 heteroatoms. The highest BCUT2D eigenvalue weighted by atomic mass is 32.2. The zero-order chi connectivity index (χ0) is 12.2. The Labute approximate surface area is 99.2 Å². The van der Waals surface area contributed by atoms with Crippen molar-refractivity contribution in [1.82, 2.24) is 0 Å². The lowest BCUT2D eigenvalue weighted by molar-refractivity contribution is -0.146. The summed E-state index contributed by atoms with van der Waals surface area (Å²) in [6.45, 7) is 2.98. The predicted octanol–water partition coefficient (Wildman–Crippen LogP) is 2.30. The van der Waals surface area contributed by atoms with E-state index in [0.29, 0.717) is 0 Å². The van der Waals surface area contributed by atoms with Crippen LogP contribution in [0.2, 0.25) is 0 Å². The zero-order valence-electron chi connectivity index (χ0n) is 9.52. The molecule has 0 spiro atoms. The molecule has 0 amide bonds. The molecule has 1 unspecified atom stereocenters. The molecule has 1 aromatic rings. The van der Waals surface area contributed by atoms with E-state index in [2.05, 4.69) is 4.74 Å². The third-order valence-corrected chi connectivity index (χ3v) is 3.68. The molecular weight excluding hydrogens is 224 g/mol. The van der Waals surface area contributed by atoms with Crippen LogP contribution in [0.15, 0.2) is 35.2 Å². The van der Waals surface area contributed by atoms with Crippen molar-refractivity contribution in [3.8, 4) is 0 Å². The number of hydrogen-bond donors (Lipinski definition) is 0. The first-order valence-electron chi connectivity index (χ1n) is 4.84. The number of methoxy groups -OCH3 is 1. The topological polar surface area (TPSA) is 43.4 Å². The number of ketones is 1. The Bertz CT molecular complexity index is 389. The van der Waals surface area contributed by atoms with Gasteiger partial charge in [0.25, 0.3) is 0 Å². The van der Waals surface area contributed by atoms with E-state index in [-0.39, 0.29) is 5.78 Å². The Morgan fingerprint density at radius 1 is 1.25 bits per heavy atom. The molecule has 0 aromatic heterocycles. The summed E-state index contributed by atoms with van der Waals surface area (Å²) in [6, 6.07) is 9.32. The normalized spacial score (nSPS) is 13.9. The lowest BCUT2D eigenvalue weighted by Gasteiger charge is -2.22. The maximum atomic E-state index is 11.6. The van der Waals surface area contributed by atoms with Gasteiger partial charge >= 0.3 is 5.97 Å². The van der Waals surface area contributed by atoms with Crippen LogP contribution >= 0.6 is 11.8 Å². The molecule has 0 radical (unpaired) electrons. The summed E-state index contributed by atoms with van der Waals surface area (Å²) < 4.78 is 3.50. The molecule has 0 saturated heterocycles. The molecular formula is C12H14O3S. The Morgan fingerprint density at radius 2 is 1.81 bits per heavy atom. The first kappa shape index (κ1) is 12.8. The molecule has 3 nitrogen and oxygen atoms in total. The van der Waals surface area contributed by atoms with Crippen LogP contribution < -0.4 is 0 Å². The van der Waals surface area contributed by atoms with Gasteiger partial charge in [0.15, 0.2) is 10.5 Å². The van der Waals surface area contributed by atoms with Crippen molar-refractivity contribution in [2.45, 2.75) is 23.5 Å². The highest BCUT2D eigenvalue weighted by Gasteiger charge is 2.40. The Balaban J connectivity index is 2.97. The van der Waals surface area contributed by atoms with Crippen molar-refractivity contribution < 1.29 is 14.3 Å². The van der Waals surface area contributed by atoms with Gasteiger partial charge in [0, 0.05) is 4.90 Å². The van der Waals surface area contributed by atoms with Gasteiger partial charge in [-0.1, -0.05) is 30.0 Å². The summed E-state index contributed by atoms with van der Waals surface area (Å²) in [6.07, 6.45) is 0. The second-order valence-electron chi connectivity index (χ2n) is 3.50. The van der Waals surface area contributed by atoms with Crippen molar-refractivity contribution in [2.75, 3.05) is 7.11 Å². The third kappa shape index (κ3) is 2.64. The third-order valence-electron chi connectivity index (χ3n) is 2.31. The molecule has 0 saturated carbocycles. The highest BCUT2D eigenvalue weighted by molar-refractivity contribution is 8.02. The number of carbonyl (C=O) groups is 2. The SMILES string of the molecule is COC(=O)C(C)(Sc1ccccc1)C(C)=O. The quantitative estimate of drug-likeness (QED) is 0.458. The summed E-state index contributed by atoms with van der Waals surface area (Å²) in [5.74, 6) is -0.734. The van der Waals surface area contributed by atoms with E-state index in [1.807, 2.05) is 30.3 Å². The molecule has 1 atom stereocenters. The molecule has 0 heterocycles. The fourth-order valence-electron chi connectivity index (χ4n) is 1.18. The maximum Gasteiger partial charge on any atom is 0.329 e. The number of carbonyl (C=O) groups excluding carboxylic acids is 2. The van der Waals surface area contributed by atoms with E-state index >= 15 is 0 Å². The number of benzene rings is 1. The van der Waals surface area contributed by atoms with Gasteiger partial charge in [-0.15, -0.1) is 0 Å². The van der Waals surface area contributed by atoms with Crippen molar-refractivity contribution >= 4 is 23.5 Å². The van der Waals surface area contributed by atoms with Crippen LogP contribution in [-0.4, -0.2) is 23.6 Å². The second kappa shape index (κ2) is 5.16. The number of thioether (sulfide) groups is 1. The van der Waals surface area contributed by atoms with Gasteiger partial charge in [-0.25, -0.2) is 0 Å². The molecule has 0 bridgehead atoms. The van der Waals surface area contributed by atoms with Crippen LogP contribution in [0.25, 0.3) is 0 Å². The molecule has 0 aliphatic carbocycles. The van der Waals surface area contributed by atoms with Crippen LogP contribution in [0, 0.1) is 0 Å². The van der Waals surface area contributed by atoms with Crippen molar-refractivity contribution in [3.05, 3.63) is 30.3 Å². The van der Waals surface area contributed by atoms with Crippen LogP contribution in [0.3, 0.4) is 0 Å². The minimum Gasteiger partial charge on any atom is -0.468 e. The van der Waals surface area contributed by atoms with E-state index in [9.17, 15) is 9.59 Å². The molecule has 1 aromatic carbocycles. The molecule has 0 fully saturated rings. The lowest BCUT2D eigenvalue weighted by Crippen LogP contribution is -2.39. The van der Waals surface area contributed by atoms with E-state index in [1.54, 1.807) is 6.92 Å². The number of ether oxygens (including phenoxy) is 1. The van der Waals surface area contributed by atoms with E-state index < -0.39 is 10.7 Å². The Morgan fingerprint density at radius 3 is 2.25 bits per heavy atom. The molecule has 16 heavy (non-hydrogen) atoms. The summed E-state index contributed by atoms with van der Waals surface area (Å²) in [7, 11) is 1.29. The number of rotatable bonds is 4. The van der Waals surface area contributed by atoms with Crippen LogP contribution in [0.1, 0.15) is 13.8 Å². The highest BCUT2D eigenvalue weighted by Crippen LogP contribution is 2.34. The molecule has 86 valence electrons. The minimum absolute atomic E-state index is 0.215. The second-order valence-corrected chi connectivity index (χ2v) is 4.99. The fourth-order valence-corrected chi connectivity index (χ4v) is 2.25. The standard InChI is InChI=1S/C12H14O3S/c1-9(13)12(2,11(14)15-3)16-10-7-5-4-6-8-10/h4-8H,1-3H3. The largest absolute Gasteiger partial charge is 0.468 e. The summed E-state index contributed by atoms with van der Waals surface area (Å²) in [5, 5.41) is 0. The summed E-state index contributed by atoms with van der Waals surface area (Å²) in [5.41, 5.74) is 0. The monoisotopic (exact) mass is 238 g/mol. The first-order valence-corrected chi connectivity index (χ1v) is 5.66. The van der Waals surface area contributed by atoms with Crippen molar-refractivity contribution in [1.29, 1.82) is 0 Å².